The lowest BCUT2D eigenvalue weighted by molar-refractivity contribution is 0.0170. The lowest BCUT2D eigenvalue weighted by Gasteiger charge is -2.39. The van der Waals surface area contributed by atoms with Crippen LogP contribution in [0, 0.1) is 5.82 Å². The van der Waals surface area contributed by atoms with E-state index in [1.807, 2.05) is 27.0 Å². The Morgan fingerprint density at radius 2 is 1.92 bits per heavy atom. The van der Waals surface area contributed by atoms with E-state index in [1.165, 1.54) is 12.3 Å². The van der Waals surface area contributed by atoms with E-state index in [2.05, 4.69) is 21.9 Å². The fourth-order valence-corrected chi connectivity index (χ4v) is 3.05. The summed E-state index contributed by atoms with van der Waals surface area (Å²) in [5.74, 6) is 0.248. The molecule has 0 spiro atoms. The van der Waals surface area contributed by atoms with E-state index < -0.39 is 5.60 Å². The number of piperidine rings is 1. The fraction of sp³-hybridized carbons (Fsp3) is 0.526. The van der Waals surface area contributed by atoms with Crippen LogP contribution in [0.3, 0.4) is 0 Å². The third-order valence-electron chi connectivity index (χ3n) is 4.71. The molecule has 0 aliphatic carbocycles. The van der Waals surface area contributed by atoms with Gasteiger partial charge in [-0.3, -0.25) is 0 Å². The number of likely N-dealkylation sites (tertiary alicyclic amines) is 1. The number of carbonyl (C=O) groups is 1. The minimum Gasteiger partial charge on any atom is -0.444 e. The molecule has 2 aromatic heterocycles. The zero-order chi connectivity index (χ0) is 18.9. The van der Waals surface area contributed by atoms with Crippen LogP contribution in [0.2, 0.25) is 0 Å². The number of halogens is 1. The van der Waals surface area contributed by atoms with Gasteiger partial charge in [0.1, 0.15) is 17.1 Å². The monoisotopic (exact) mass is 360 g/mol. The summed E-state index contributed by atoms with van der Waals surface area (Å²) < 4.78 is 18.5. The minimum absolute atomic E-state index is 0.107. The molecule has 7 heteroatoms. The molecule has 26 heavy (non-hydrogen) atoms. The third kappa shape index (κ3) is 4.03. The van der Waals surface area contributed by atoms with Gasteiger partial charge in [-0.15, -0.1) is 0 Å². The van der Waals surface area contributed by atoms with Crippen molar-refractivity contribution in [2.45, 2.75) is 51.6 Å². The highest BCUT2D eigenvalue weighted by Gasteiger charge is 2.36. The molecule has 6 nitrogen and oxygen atoms in total. The number of nitrogens with zero attached hydrogens (tertiary/aromatic N) is 3. The number of rotatable bonds is 2. The number of imidazole rings is 1. The summed E-state index contributed by atoms with van der Waals surface area (Å²) in [4.78, 5) is 25.7. The molecular weight excluding hydrogens is 335 g/mol. The van der Waals surface area contributed by atoms with Crippen LogP contribution in [-0.4, -0.2) is 44.6 Å². The van der Waals surface area contributed by atoms with Gasteiger partial charge in [-0.1, -0.05) is 6.92 Å². The first-order valence-corrected chi connectivity index (χ1v) is 8.82. The summed E-state index contributed by atoms with van der Waals surface area (Å²) in [5, 5.41) is 0. The van der Waals surface area contributed by atoms with E-state index in [9.17, 15) is 9.18 Å². The van der Waals surface area contributed by atoms with Gasteiger partial charge in [0.2, 0.25) is 0 Å². The Labute approximate surface area is 152 Å². The SMILES string of the molecule is CC(C)(C)OC(=O)N1CCC(C)(c2cnc(-c3ccc(F)cn3)[nH]2)CC1. The van der Waals surface area contributed by atoms with Crippen LogP contribution in [0.5, 0.6) is 0 Å². The number of amides is 1. The molecule has 0 bridgehead atoms. The highest BCUT2D eigenvalue weighted by atomic mass is 19.1. The normalized spacial score (nSPS) is 17.2. The minimum atomic E-state index is -0.488. The first-order valence-electron chi connectivity index (χ1n) is 8.82. The van der Waals surface area contributed by atoms with E-state index in [4.69, 9.17) is 4.74 Å². The molecule has 0 saturated carbocycles. The number of H-pyrrole nitrogens is 1. The molecule has 2 aromatic rings. The number of hydrogen-bond acceptors (Lipinski definition) is 4. The van der Waals surface area contributed by atoms with Gasteiger partial charge in [0.25, 0.3) is 0 Å². The molecule has 1 N–H and O–H groups in total. The largest absolute Gasteiger partial charge is 0.444 e. The van der Waals surface area contributed by atoms with Crippen LogP contribution in [0.25, 0.3) is 11.5 Å². The Bertz CT molecular complexity index is 772. The number of carbonyl (C=O) groups excluding carboxylic acids is 1. The van der Waals surface area contributed by atoms with Crippen LogP contribution in [-0.2, 0) is 10.2 Å². The maximum Gasteiger partial charge on any atom is 0.410 e. The van der Waals surface area contributed by atoms with Crippen molar-refractivity contribution in [3.05, 3.63) is 36.0 Å². The molecule has 140 valence electrons. The van der Waals surface area contributed by atoms with Gasteiger partial charge in [-0.05, 0) is 45.7 Å². The number of nitrogens with one attached hydrogen (secondary N) is 1. The first-order chi connectivity index (χ1) is 12.2. The number of aromatic nitrogens is 3. The molecule has 1 amide bonds. The first kappa shape index (κ1) is 18.4. The Balaban J connectivity index is 1.67. The third-order valence-corrected chi connectivity index (χ3v) is 4.71. The van der Waals surface area contributed by atoms with Crippen molar-refractivity contribution in [3.63, 3.8) is 0 Å². The van der Waals surface area contributed by atoms with E-state index >= 15 is 0 Å². The van der Waals surface area contributed by atoms with Gasteiger partial charge in [0.05, 0.1) is 6.20 Å². The Kier molecular flexibility index (Phi) is 4.73. The maximum atomic E-state index is 13.0. The Morgan fingerprint density at radius 3 is 2.50 bits per heavy atom. The molecule has 3 heterocycles. The van der Waals surface area contributed by atoms with Crippen molar-refractivity contribution in [1.29, 1.82) is 0 Å². The average molecular weight is 360 g/mol. The van der Waals surface area contributed by atoms with Crippen molar-refractivity contribution in [1.82, 2.24) is 19.9 Å². The lowest BCUT2D eigenvalue weighted by Crippen LogP contribution is -2.45. The van der Waals surface area contributed by atoms with Gasteiger partial charge in [0, 0.05) is 30.4 Å². The second kappa shape index (κ2) is 6.70. The van der Waals surface area contributed by atoms with E-state index in [0.717, 1.165) is 18.5 Å². The zero-order valence-electron chi connectivity index (χ0n) is 15.7. The molecule has 0 unspecified atom stereocenters. The lowest BCUT2D eigenvalue weighted by atomic mass is 9.78. The summed E-state index contributed by atoms with van der Waals surface area (Å²) in [6.45, 7) is 9.04. The van der Waals surface area contributed by atoms with E-state index in [-0.39, 0.29) is 17.3 Å². The summed E-state index contributed by atoms with van der Waals surface area (Å²) in [6.07, 6.45) is 4.35. The highest BCUT2D eigenvalue weighted by Crippen LogP contribution is 2.35. The van der Waals surface area contributed by atoms with E-state index in [1.54, 1.807) is 11.0 Å². The van der Waals surface area contributed by atoms with Crippen LogP contribution < -0.4 is 0 Å². The molecule has 0 aromatic carbocycles. The molecule has 0 atom stereocenters. The Hall–Kier alpha value is -2.44. The maximum absolute atomic E-state index is 13.0. The molecular formula is C19H25FN4O2. The number of pyridine rings is 1. The Morgan fingerprint density at radius 1 is 1.23 bits per heavy atom. The molecule has 1 fully saturated rings. The summed E-state index contributed by atoms with van der Waals surface area (Å²) >= 11 is 0. The quantitative estimate of drug-likeness (QED) is 0.882. The topological polar surface area (TPSA) is 71.1 Å². The highest BCUT2D eigenvalue weighted by molar-refractivity contribution is 5.68. The van der Waals surface area contributed by atoms with Crippen molar-refractivity contribution in [2.75, 3.05) is 13.1 Å². The van der Waals surface area contributed by atoms with Gasteiger partial charge < -0.3 is 14.6 Å². The summed E-state index contributed by atoms with van der Waals surface area (Å²) in [5.41, 5.74) is 1.01. The van der Waals surface area contributed by atoms with Gasteiger partial charge in [0.15, 0.2) is 5.82 Å². The second-order valence-corrected chi connectivity index (χ2v) is 8.04. The zero-order valence-corrected chi connectivity index (χ0v) is 15.7. The second-order valence-electron chi connectivity index (χ2n) is 8.04. The van der Waals surface area contributed by atoms with Crippen LogP contribution in [0.1, 0.15) is 46.2 Å². The number of aromatic amines is 1. The van der Waals surface area contributed by atoms with Crippen molar-refractivity contribution in [3.8, 4) is 11.5 Å². The number of hydrogen-bond donors (Lipinski definition) is 1. The van der Waals surface area contributed by atoms with Crippen LogP contribution >= 0.6 is 0 Å². The van der Waals surface area contributed by atoms with Crippen LogP contribution in [0.4, 0.5) is 9.18 Å². The number of ether oxygens (including phenoxy) is 1. The standard InChI is InChI=1S/C19H25FN4O2/c1-18(2,3)26-17(25)24-9-7-19(4,8-10-24)15-12-22-16(23-15)14-6-5-13(20)11-21-14/h5-6,11-12H,7-10H2,1-4H3,(H,22,23). The molecule has 3 rings (SSSR count). The molecule has 0 radical (unpaired) electrons. The fourth-order valence-electron chi connectivity index (χ4n) is 3.05. The van der Waals surface area contributed by atoms with Gasteiger partial charge in [-0.2, -0.15) is 0 Å². The molecule has 1 aliphatic rings. The summed E-state index contributed by atoms with van der Waals surface area (Å²) in [6, 6.07) is 2.97. The average Bonchev–Trinajstić information content (AvgIpc) is 3.05. The predicted octanol–water partition coefficient (Wildman–Crippen LogP) is 3.90. The summed E-state index contributed by atoms with van der Waals surface area (Å²) in [7, 11) is 0. The van der Waals surface area contributed by atoms with Gasteiger partial charge in [-0.25, -0.2) is 19.2 Å². The van der Waals surface area contributed by atoms with E-state index in [0.29, 0.717) is 24.6 Å². The van der Waals surface area contributed by atoms with Crippen molar-refractivity contribution >= 4 is 6.09 Å². The van der Waals surface area contributed by atoms with Gasteiger partial charge >= 0.3 is 6.09 Å². The smallest absolute Gasteiger partial charge is 0.410 e. The van der Waals surface area contributed by atoms with Crippen LogP contribution in [0.15, 0.2) is 24.5 Å². The van der Waals surface area contributed by atoms with Crippen molar-refractivity contribution in [2.24, 2.45) is 0 Å². The molecule has 1 aliphatic heterocycles. The predicted molar refractivity (Wildman–Crippen MR) is 96.2 cm³/mol. The van der Waals surface area contributed by atoms with Crippen molar-refractivity contribution < 1.29 is 13.9 Å². The molecule has 1 saturated heterocycles.